The molecule has 0 bridgehead atoms. The predicted octanol–water partition coefficient (Wildman–Crippen LogP) is 3.34. The summed E-state index contributed by atoms with van der Waals surface area (Å²) in [4.78, 5) is 8.94. The summed E-state index contributed by atoms with van der Waals surface area (Å²) < 4.78 is 0. The largest absolute Gasteiger partial charge is 0.370 e. The number of anilines is 1. The molecule has 2 rings (SSSR count). The van der Waals surface area contributed by atoms with Crippen LogP contribution in [0.3, 0.4) is 0 Å². The van der Waals surface area contributed by atoms with Gasteiger partial charge in [-0.05, 0) is 24.8 Å². The molecule has 0 unspecified atom stereocenters. The lowest BCUT2D eigenvalue weighted by Crippen LogP contribution is -2.04. The van der Waals surface area contributed by atoms with E-state index in [-0.39, 0.29) is 0 Å². The second-order valence-electron chi connectivity index (χ2n) is 3.66. The van der Waals surface area contributed by atoms with Gasteiger partial charge in [-0.1, -0.05) is 6.92 Å². The summed E-state index contributed by atoms with van der Waals surface area (Å²) in [6.07, 6.45) is 1.09. The molecule has 1 N–H and O–H groups in total. The van der Waals surface area contributed by atoms with Crippen LogP contribution in [0.4, 0.5) is 5.82 Å². The van der Waals surface area contributed by atoms with Crippen molar-refractivity contribution in [1.29, 1.82) is 0 Å². The Morgan fingerprint density at radius 2 is 2.25 bits per heavy atom. The zero-order valence-corrected chi connectivity index (χ0v) is 10.3. The second-order valence-corrected chi connectivity index (χ2v) is 4.44. The van der Waals surface area contributed by atoms with Gasteiger partial charge in [-0.3, -0.25) is 0 Å². The predicted molar refractivity (Wildman–Crippen MR) is 68.9 cm³/mol. The monoisotopic (exact) mass is 233 g/mol. The standard InChI is InChI=1S/C12H15N3S/c1-3-5-13-11-7-9(2)14-12(15-11)10-4-6-16-8-10/h4,6-8H,3,5H2,1-2H3,(H,13,14,15). The molecule has 2 aromatic heterocycles. The zero-order chi connectivity index (χ0) is 11.4. The molecule has 16 heavy (non-hydrogen) atoms. The van der Waals surface area contributed by atoms with Crippen molar-refractivity contribution in [1.82, 2.24) is 9.97 Å². The van der Waals surface area contributed by atoms with E-state index in [1.54, 1.807) is 11.3 Å². The highest BCUT2D eigenvalue weighted by atomic mass is 32.1. The molecule has 0 aromatic carbocycles. The molecule has 0 saturated carbocycles. The Labute approximate surface area is 99.6 Å². The van der Waals surface area contributed by atoms with E-state index < -0.39 is 0 Å². The number of aromatic nitrogens is 2. The average Bonchev–Trinajstić information content (AvgIpc) is 2.79. The number of nitrogens with zero attached hydrogens (tertiary/aromatic N) is 2. The van der Waals surface area contributed by atoms with Gasteiger partial charge in [-0.25, -0.2) is 9.97 Å². The Hall–Kier alpha value is -1.42. The SMILES string of the molecule is CCCNc1cc(C)nc(-c2ccsc2)n1. The van der Waals surface area contributed by atoms with Crippen molar-refractivity contribution in [3.8, 4) is 11.4 Å². The molecule has 2 aromatic rings. The first kappa shape index (κ1) is 11.1. The molecule has 0 radical (unpaired) electrons. The topological polar surface area (TPSA) is 37.8 Å². The number of hydrogen-bond donors (Lipinski definition) is 1. The molecular weight excluding hydrogens is 218 g/mol. The van der Waals surface area contributed by atoms with Crippen molar-refractivity contribution in [2.75, 3.05) is 11.9 Å². The fourth-order valence-corrected chi connectivity index (χ4v) is 2.07. The van der Waals surface area contributed by atoms with Crippen LogP contribution in [0.15, 0.2) is 22.9 Å². The summed E-state index contributed by atoms with van der Waals surface area (Å²) >= 11 is 1.66. The van der Waals surface area contributed by atoms with Crippen molar-refractivity contribution in [3.05, 3.63) is 28.6 Å². The van der Waals surface area contributed by atoms with Gasteiger partial charge in [0.2, 0.25) is 0 Å². The summed E-state index contributed by atoms with van der Waals surface area (Å²) in [5, 5.41) is 7.40. The molecular formula is C12H15N3S. The van der Waals surface area contributed by atoms with Gasteiger partial charge in [0, 0.05) is 29.2 Å². The molecule has 2 heterocycles. The maximum absolute atomic E-state index is 4.50. The van der Waals surface area contributed by atoms with E-state index in [9.17, 15) is 0 Å². The summed E-state index contributed by atoms with van der Waals surface area (Å²) in [6.45, 7) is 5.08. The van der Waals surface area contributed by atoms with Crippen LogP contribution in [0.1, 0.15) is 19.0 Å². The molecule has 0 fully saturated rings. The minimum absolute atomic E-state index is 0.805. The summed E-state index contributed by atoms with van der Waals surface area (Å²) in [7, 11) is 0. The third-order valence-electron chi connectivity index (χ3n) is 2.19. The lowest BCUT2D eigenvalue weighted by molar-refractivity contribution is 0.962. The van der Waals surface area contributed by atoms with E-state index in [0.717, 1.165) is 35.9 Å². The van der Waals surface area contributed by atoms with Crippen molar-refractivity contribution in [2.24, 2.45) is 0 Å². The summed E-state index contributed by atoms with van der Waals surface area (Å²) in [5.74, 6) is 1.72. The van der Waals surface area contributed by atoms with Crippen molar-refractivity contribution in [3.63, 3.8) is 0 Å². The Morgan fingerprint density at radius 1 is 1.38 bits per heavy atom. The van der Waals surface area contributed by atoms with E-state index in [2.05, 4.69) is 27.6 Å². The average molecular weight is 233 g/mol. The van der Waals surface area contributed by atoms with Crippen molar-refractivity contribution in [2.45, 2.75) is 20.3 Å². The van der Waals surface area contributed by atoms with Gasteiger partial charge in [-0.15, -0.1) is 0 Å². The van der Waals surface area contributed by atoms with Crippen LogP contribution in [0, 0.1) is 6.92 Å². The first-order valence-electron chi connectivity index (χ1n) is 5.41. The zero-order valence-electron chi connectivity index (χ0n) is 9.53. The molecule has 0 aliphatic rings. The Morgan fingerprint density at radius 3 is 2.94 bits per heavy atom. The Bertz CT molecular complexity index is 451. The van der Waals surface area contributed by atoms with Crippen LogP contribution in [-0.4, -0.2) is 16.5 Å². The van der Waals surface area contributed by atoms with Crippen LogP contribution >= 0.6 is 11.3 Å². The fraction of sp³-hybridized carbons (Fsp3) is 0.333. The fourth-order valence-electron chi connectivity index (χ4n) is 1.43. The van der Waals surface area contributed by atoms with Gasteiger partial charge < -0.3 is 5.32 Å². The quantitative estimate of drug-likeness (QED) is 0.880. The van der Waals surface area contributed by atoms with Crippen LogP contribution in [0.2, 0.25) is 0 Å². The van der Waals surface area contributed by atoms with Crippen molar-refractivity contribution < 1.29 is 0 Å². The van der Waals surface area contributed by atoms with Crippen molar-refractivity contribution >= 4 is 17.2 Å². The highest BCUT2D eigenvalue weighted by Gasteiger charge is 2.04. The van der Waals surface area contributed by atoms with Crippen LogP contribution in [0.5, 0.6) is 0 Å². The Kier molecular flexibility index (Phi) is 3.51. The van der Waals surface area contributed by atoms with Gasteiger partial charge >= 0.3 is 0 Å². The Balaban J connectivity index is 2.29. The van der Waals surface area contributed by atoms with Gasteiger partial charge in [0.25, 0.3) is 0 Å². The van der Waals surface area contributed by atoms with E-state index in [1.807, 2.05) is 24.4 Å². The number of nitrogens with one attached hydrogen (secondary N) is 1. The molecule has 3 nitrogen and oxygen atoms in total. The maximum Gasteiger partial charge on any atom is 0.162 e. The molecule has 0 aliphatic carbocycles. The highest BCUT2D eigenvalue weighted by molar-refractivity contribution is 7.08. The minimum atomic E-state index is 0.805. The highest BCUT2D eigenvalue weighted by Crippen LogP contribution is 2.20. The third-order valence-corrected chi connectivity index (χ3v) is 2.87. The summed E-state index contributed by atoms with van der Waals surface area (Å²) in [5.41, 5.74) is 2.09. The van der Waals surface area contributed by atoms with Gasteiger partial charge in [0.05, 0.1) is 0 Å². The molecule has 0 amide bonds. The van der Waals surface area contributed by atoms with Crippen LogP contribution < -0.4 is 5.32 Å². The summed E-state index contributed by atoms with van der Waals surface area (Å²) in [6, 6.07) is 4.02. The molecule has 84 valence electrons. The lowest BCUT2D eigenvalue weighted by atomic mass is 10.3. The van der Waals surface area contributed by atoms with Crippen LogP contribution in [-0.2, 0) is 0 Å². The second kappa shape index (κ2) is 5.07. The van der Waals surface area contributed by atoms with Gasteiger partial charge in [0.1, 0.15) is 5.82 Å². The first-order valence-corrected chi connectivity index (χ1v) is 6.36. The molecule has 0 atom stereocenters. The molecule has 0 spiro atoms. The minimum Gasteiger partial charge on any atom is -0.370 e. The van der Waals surface area contributed by atoms with Gasteiger partial charge in [0.15, 0.2) is 5.82 Å². The number of rotatable bonds is 4. The van der Waals surface area contributed by atoms with E-state index in [4.69, 9.17) is 0 Å². The first-order chi connectivity index (χ1) is 7.79. The van der Waals surface area contributed by atoms with Gasteiger partial charge in [-0.2, -0.15) is 11.3 Å². The lowest BCUT2D eigenvalue weighted by Gasteiger charge is -2.06. The number of hydrogen-bond acceptors (Lipinski definition) is 4. The van der Waals surface area contributed by atoms with E-state index >= 15 is 0 Å². The third kappa shape index (κ3) is 2.58. The smallest absolute Gasteiger partial charge is 0.162 e. The van der Waals surface area contributed by atoms with E-state index in [0.29, 0.717) is 0 Å². The van der Waals surface area contributed by atoms with Crippen LogP contribution in [0.25, 0.3) is 11.4 Å². The molecule has 4 heteroatoms. The molecule has 0 aliphatic heterocycles. The van der Waals surface area contributed by atoms with E-state index in [1.165, 1.54) is 0 Å². The normalized spacial score (nSPS) is 10.4. The maximum atomic E-state index is 4.50. The number of aryl methyl sites for hydroxylation is 1. The molecule has 0 saturated heterocycles. The number of thiophene rings is 1.